The molecule has 0 spiro atoms. The van der Waals surface area contributed by atoms with Crippen LogP contribution in [0.4, 0.5) is 10.5 Å². The number of anilines is 1. The van der Waals surface area contributed by atoms with Crippen LogP contribution in [-0.4, -0.2) is 28.9 Å². The fourth-order valence-electron chi connectivity index (χ4n) is 2.43. The number of nitrogens with one attached hydrogen (secondary N) is 1. The van der Waals surface area contributed by atoms with Crippen molar-refractivity contribution in [1.82, 2.24) is 0 Å². The first-order valence-corrected chi connectivity index (χ1v) is 8.78. The summed E-state index contributed by atoms with van der Waals surface area (Å²) < 4.78 is 10.7. The quantitative estimate of drug-likeness (QED) is 0.552. The Hall–Kier alpha value is -3.22. The number of hydrogen-bond acceptors (Lipinski definition) is 5. The van der Waals surface area contributed by atoms with Crippen molar-refractivity contribution < 1.29 is 29.3 Å². The Morgan fingerprint density at radius 3 is 2.37 bits per heavy atom. The molecule has 7 nitrogen and oxygen atoms in total. The highest BCUT2D eigenvalue weighted by atomic mass is 16.6. The summed E-state index contributed by atoms with van der Waals surface area (Å²) >= 11 is 0. The van der Waals surface area contributed by atoms with Crippen LogP contribution in [0.5, 0.6) is 17.2 Å². The lowest BCUT2D eigenvalue weighted by molar-refractivity contribution is 0.0695. The zero-order chi connectivity index (χ0) is 19.6. The van der Waals surface area contributed by atoms with Gasteiger partial charge in [-0.1, -0.05) is 32.3 Å². The summed E-state index contributed by atoms with van der Waals surface area (Å²) in [6.45, 7) is 2.79. The summed E-state index contributed by atoms with van der Waals surface area (Å²) in [4.78, 5) is 23.2. The molecule has 0 heterocycles. The summed E-state index contributed by atoms with van der Waals surface area (Å²) in [7, 11) is 0. The molecule has 0 aliphatic heterocycles. The summed E-state index contributed by atoms with van der Waals surface area (Å²) in [6.07, 6.45) is 3.62. The fraction of sp³-hybridized carbons (Fsp3) is 0.300. The Labute approximate surface area is 157 Å². The van der Waals surface area contributed by atoms with Gasteiger partial charge in [-0.05, 0) is 42.8 Å². The van der Waals surface area contributed by atoms with Gasteiger partial charge in [0.05, 0.1) is 12.3 Å². The number of unbranched alkanes of at least 4 members (excludes halogenated alkanes) is 3. The number of carboxylic acids is 1. The highest BCUT2D eigenvalue weighted by Gasteiger charge is 2.17. The van der Waals surface area contributed by atoms with Crippen molar-refractivity contribution >= 4 is 17.7 Å². The lowest BCUT2D eigenvalue weighted by Crippen LogP contribution is -2.18. The van der Waals surface area contributed by atoms with E-state index in [1.807, 2.05) is 0 Å². The molecule has 2 rings (SSSR count). The molecule has 0 aliphatic carbocycles. The maximum absolute atomic E-state index is 12.0. The van der Waals surface area contributed by atoms with E-state index in [0.29, 0.717) is 12.4 Å². The Balaban J connectivity index is 1.89. The molecule has 0 saturated heterocycles. The number of hydrogen-bond donors (Lipinski definition) is 3. The van der Waals surface area contributed by atoms with Gasteiger partial charge in [-0.3, -0.25) is 5.32 Å². The molecule has 0 aliphatic rings. The van der Waals surface area contributed by atoms with E-state index in [-0.39, 0.29) is 11.4 Å². The lowest BCUT2D eigenvalue weighted by atomic mass is 10.1. The maximum Gasteiger partial charge on any atom is 0.417 e. The summed E-state index contributed by atoms with van der Waals surface area (Å²) in [5.41, 5.74) is -0.458. The van der Waals surface area contributed by atoms with E-state index in [2.05, 4.69) is 12.2 Å². The van der Waals surface area contributed by atoms with E-state index in [1.54, 1.807) is 24.3 Å². The molecule has 0 radical (unpaired) electrons. The third-order valence-electron chi connectivity index (χ3n) is 3.79. The second-order valence-corrected chi connectivity index (χ2v) is 5.90. The number of benzene rings is 2. The molecule has 3 N–H and O–H groups in total. The van der Waals surface area contributed by atoms with Gasteiger partial charge in [0, 0.05) is 0 Å². The minimum atomic E-state index is -1.36. The smallest absolute Gasteiger partial charge is 0.417 e. The van der Waals surface area contributed by atoms with Crippen molar-refractivity contribution in [3.05, 3.63) is 48.0 Å². The Bertz CT molecular complexity index is 773. The van der Waals surface area contributed by atoms with Crippen LogP contribution in [0.1, 0.15) is 43.0 Å². The van der Waals surface area contributed by atoms with E-state index in [9.17, 15) is 14.7 Å². The zero-order valence-electron chi connectivity index (χ0n) is 15.1. The minimum absolute atomic E-state index is 0.0560. The number of amides is 1. The van der Waals surface area contributed by atoms with Crippen molar-refractivity contribution in [3.8, 4) is 17.2 Å². The van der Waals surface area contributed by atoms with Crippen LogP contribution in [0.25, 0.3) is 0 Å². The van der Waals surface area contributed by atoms with Crippen LogP contribution in [0.2, 0.25) is 0 Å². The molecule has 0 atom stereocenters. The third kappa shape index (κ3) is 6.22. The number of phenols is 1. The monoisotopic (exact) mass is 373 g/mol. The Morgan fingerprint density at radius 1 is 1.00 bits per heavy atom. The van der Waals surface area contributed by atoms with Crippen LogP contribution in [-0.2, 0) is 0 Å². The van der Waals surface area contributed by atoms with E-state index < -0.39 is 23.4 Å². The van der Waals surface area contributed by atoms with Gasteiger partial charge < -0.3 is 19.7 Å². The molecular formula is C20H23NO6. The van der Waals surface area contributed by atoms with Crippen molar-refractivity contribution in [1.29, 1.82) is 0 Å². The fourth-order valence-corrected chi connectivity index (χ4v) is 2.43. The van der Waals surface area contributed by atoms with Gasteiger partial charge in [-0.2, -0.15) is 0 Å². The summed E-state index contributed by atoms with van der Waals surface area (Å²) in [6, 6.07) is 10.6. The highest BCUT2D eigenvalue weighted by Crippen LogP contribution is 2.26. The molecule has 0 fully saturated rings. The number of ether oxygens (including phenoxy) is 2. The average molecular weight is 373 g/mol. The first-order valence-electron chi connectivity index (χ1n) is 8.78. The molecule has 0 aromatic heterocycles. The first-order chi connectivity index (χ1) is 13.0. The number of carbonyl (C=O) groups is 2. The van der Waals surface area contributed by atoms with Crippen LogP contribution in [0.3, 0.4) is 0 Å². The van der Waals surface area contributed by atoms with Gasteiger partial charge in [-0.25, -0.2) is 9.59 Å². The molecule has 1 amide bonds. The lowest BCUT2D eigenvalue weighted by Gasteiger charge is -2.11. The standard InChI is InChI=1S/C20H23NO6/c1-2-3-4-5-13-26-14-9-11-15(12-10-14)27-20(25)21-16-7-6-8-17(22)18(16)19(23)24/h6-12,22H,2-5,13H2,1H3,(H,21,25)(H,23,24). The average Bonchev–Trinajstić information content (AvgIpc) is 2.62. The van der Waals surface area contributed by atoms with Crippen LogP contribution in [0, 0.1) is 0 Å². The molecule has 0 saturated carbocycles. The topological polar surface area (TPSA) is 105 Å². The van der Waals surface area contributed by atoms with Crippen molar-refractivity contribution in [3.63, 3.8) is 0 Å². The maximum atomic E-state index is 12.0. The number of aromatic hydroxyl groups is 1. The normalized spacial score (nSPS) is 10.3. The van der Waals surface area contributed by atoms with Crippen LogP contribution in [0.15, 0.2) is 42.5 Å². The second kappa shape index (κ2) is 10.1. The first kappa shape index (κ1) is 20.1. The van der Waals surface area contributed by atoms with E-state index >= 15 is 0 Å². The highest BCUT2D eigenvalue weighted by molar-refractivity contribution is 6.01. The van der Waals surface area contributed by atoms with Gasteiger partial charge in [0.1, 0.15) is 22.8 Å². The van der Waals surface area contributed by atoms with Crippen molar-refractivity contribution in [2.75, 3.05) is 11.9 Å². The van der Waals surface area contributed by atoms with Gasteiger partial charge in [-0.15, -0.1) is 0 Å². The SMILES string of the molecule is CCCCCCOc1ccc(OC(=O)Nc2cccc(O)c2C(=O)O)cc1. The number of carbonyl (C=O) groups excluding carboxylic acids is 1. The number of aromatic carboxylic acids is 1. The molecule has 7 heteroatoms. The Kier molecular flexibility index (Phi) is 7.49. The predicted octanol–water partition coefficient (Wildman–Crippen LogP) is 4.66. The molecule has 2 aromatic carbocycles. The summed E-state index contributed by atoms with van der Waals surface area (Å²) in [5, 5.41) is 21.1. The molecule has 144 valence electrons. The largest absolute Gasteiger partial charge is 0.507 e. The predicted molar refractivity (Wildman–Crippen MR) is 101 cm³/mol. The van der Waals surface area contributed by atoms with Gasteiger partial charge in [0.15, 0.2) is 0 Å². The van der Waals surface area contributed by atoms with Crippen LogP contribution >= 0.6 is 0 Å². The van der Waals surface area contributed by atoms with E-state index in [4.69, 9.17) is 14.6 Å². The van der Waals surface area contributed by atoms with Crippen molar-refractivity contribution in [2.24, 2.45) is 0 Å². The molecule has 2 aromatic rings. The van der Waals surface area contributed by atoms with E-state index in [1.165, 1.54) is 31.0 Å². The van der Waals surface area contributed by atoms with Gasteiger partial charge in [0.25, 0.3) is 0 Å². The number of rotatable bonds is 9. The van der Waals surface area contributed by atoms with E-state index in [0.717, 1.165) is 12.8 Å². The van der Waals surface area contributed by atoms with Gasteiger partial charge in [0.2, 0.25) is 0 Å². The number of carboxylic acid groups (broad SMARTS) is 1. The van der Waals surface area contributed by atoms with Crippen molar-refractivity contribution in [2.45, 2.75) is 32.6 Å². The molecule has 27 heavy (non-hydrogen) atoms. The third-order valence-corrected chi connectivity index (χ3v) is 3.79. The molecule has 0 bridgehead atoms. The minimum Gasteiger partial charge on any atom is -0.507 e. The molecule has 0 unspecified atom stereocenters. The summed E-state index contributed by atoms with van der Waals surface area (Å²) in [5.74, 6) is -0.840. The van der Waals surface area contributed by atoms with Crippen LogP contribution < -0.4 is 14.8 Å². The Morgan fingerprint density at radius 2 is 1.70 bits per heavy atom. The van der Waals surface area contributed by atoms with Gasteiger partial charge >= 0.3 is 12.1 Å². The second-order valence-electron chi connectivity index (χ2n) is 5.90. The molecular weight excluding hydrogens is 350 g/mol. The zero-order valence-corrected chi connectivity index (χ0v) is 15.1.